The maximum absolute atomic E-state index is 13.3. The van der Waals surface area contributed by atoms with E-state index in [1.165, 1.54) is 0 Å². The summed E-state index contributed by atoms with van der Waals surface area (Å²) in [6.07, 6.45) is 4.11. The zero-order valence-electron chi connectivity index (χ0n) is 23.5. The maximum Gasteiger partial charge on any atom is 0.262 e. The lowest BCUT2D eigenvalue weighted by Gasteiger charge is -2.42. The Kier molecular flexibility index (Phi) is 8.04. The van der Waals surface area contributed by atoms with Crippen molar-refractivity contribution in [3.63, 3.8) is 0 Å². The lowest BCUT2D eigenvalue weighted by molar-refractivity contribution is -0.118. The monoisotopic (exact) mass is 562 g/mol. The summed E-state index contributed by atoms with van der Waals surface area (Å²) in [7, 11) is 1.97. The molecular weight excluding hydrogens is 528 g/mol. The van der Waals surface area contributed by atoms with Crippen LogP contribution in [0.5, 0.6) is 11.5 Å². The Morgan fingerprint density at radius 1 is 0.950 bits per heavy atom. The highest BCUT2D eigenvalue weighted by Gasteiger charge is 2.42. The predicted molar refractivity (Wildman–Crippen MR) is 155 cm³/mol. The van der Waals surface area contributed by atoms with Crippen molar-refractivity contribution in [3.05, 3.63) is 74.6 Å². The summed E-state index contributed by atoms with van der Waals surface area (Å²) in [6, 6.07) is 9.26. The first-order valence-corrected chi connectivity index (χ1v) is 14.3. The van der Waals surface area contributed by atoms with Crippen LogP contribution in [-0.4, -0.2) is 42.6 Å². The fourth-order valence-corrected chi connectivity index (χ4v) is 6.27. The van der Waals surface area contributed by atoms with Crippen molar-refractivity contribution in [2.45, 2.75) is 65.2 Å². The standard InChI is InChI=1S/C32H35ClN2O5/c1-5-39-27-16-20(15-22(33)32(27)40-17-28(38)34-21-13-12-18(2)19(3)14-21)29-30-23(8-6-10-25(30)36)35(4)24-9-7-11-26(37)31(24)29/h12-16,29H,5-11,17H2,1-4H3,(H,34,38). The molecule has 2 aliphatic carbocycles. The van der Waals surface area contributed by atoms with Gasteiger partial charge in [0.05, 0.1) is 11.6 Å². The van der Waals surface area contributed by atoms with Gasteiger partial charge in [-0.25, -0.2) is 0 Å². The van der Waals surface area contributed by atoms with Crippen LogP contribution in [0.15, 0.2) is 52.9 Å². The van der Waals surface area contributed by atoms with E-state index in [1.54, 1.807) is 12.1 Å². The summed E-state index contributed by atoms with van der Waals surface area (Å²) in [4.78, 5) is 41.4. The third-order valence-electron chi connectivity index (χ3n) is 8.05. The number of ether oxygens (including phenoxy) is 2. The van der Waals surface area contributed by atoms with Crippen LogP contribution in [0.3, 0.4) is 0 Å². The fourth-order valence-electron chi connectivity index (χ4n) is 6.00. The van der Waals surface area contributed by atoms with Crippen LogP contribution in [-0.2, 0) is 14.4 Å². The van der Waals surface area contributed by atoms with Gasteiger partial charge < -0.3 is 19.7 Å². The molecule has 0 unspecified atom stereocenters. The number of anilines is 1. The highest BCUT2D eigenvalue weighted by Crippen LogP contribution is 2.50. The minimum atomic E-state index is -0.499. The van der Waals surface area contributed by atoms with Crippen molar-refractivity contribution >= 4 is 34.8 Å². The SMILES string of the molecule is CCOc1cc(C2C3=C(CCCC3=O)N(C)C3=C2C(=O)CCC3)cc(Cl)c1OCC(=O)Nc1ccc(C)c(C)c1. The van der Waals surface area contributed by atoms with Gasteiger partial charge in [0.15, 0.2) is 29.7 Å². The summed E-state index contributed by atoms with van der Waals surface area (Å²) < 4.78 is 11.8. The molecule has 8 heteroatoms. The van der Waals surface area contributed by atoms with Crippen molar-refractivity contribution in [2.24, 2.45) is 0 Å². The van der Waals surface area contributed by atoms with E-state index >= 15 is 0 Å². The third kappa shape index (κ3) is 5.27. The molecular formula is C32H35ClN2O5. The number of amides is 1. The molecule has 2 aromatic carbocycles. The number of halogens is 1. The zero-order chi connectivity index (χ0) is 28.6. The predicted octanol–water partition coefficient (Wildman–Crippen LogP) is 6.42. The van der Waals surface area contributed by atoms with Gasteiger partial charge in [-0.1, -0.05) is 17.7 Å². The van der Waals surface area contributed by atoms with Gasteiger partial charge in [-0.15, -0.1) is 0 Å². The Hall–Kier alpha value is -3.58. The van der Waals surface area contributed by atoms with Gasteiger partial charge in [0.25, 0.3) is 5.91 Å². The molecule has 0 fully saturated rings. The second-order valence-corrected chi connectivity index (χ2v) is 11.1. The van der Waals surface area contributed by atoms with Crippen molar-refractivity contribution < 1.29 is 23.9 Å². The van der Waals surface area contributed by atoms with Gasteiger partial charge in [-0.05, 0) is 87.4 Å². The molecule has 1 aliphatic heterocycles. The van der Waals surface area contributed by atoms with Gasteiger partial charge >= 0.3 is 0 Å². The summed E-state index contributed by atoms with van der Waals surface area (Å²) in [5, 5.41) is 3.11. The molecule has 0 aromatic heterocycles. The van der Waals surface area contributed by atoms with Crippen LogP contribution >= 0.6 is 11.6 Å². The number of carbonyl (C=O) groups is 3. The Labute approximate surface area is 240 Å². The molecule has 3 aliphatic rings. The summed E-state index contributed by atoms with van der Waals surface area (Å²) >= 11 is 6.77. The Morgan fingerprint density at radius 3 is 2.20 bits per heavy atom. The number of rotatable bonds is 7. The number of nitrogens with one attached hydrogen (secondary N) is 1. The summed E-state index contributed by atoms with van der Waals surface area (Å²) in [6.45, 7) is 5.93. The highest BCUT2D eigenvalue weighted by atomic mass is 35.5. The van der Waals surface area contributed by atoms with Gasteiger partial charge in [0.1, 0.15) is 0 Å². The van der Waals surface area contributed by atoms with Gasteiger partial charge in [-0.3, -0.25) is 14.4 Å². The average molecular weight is 563 g/mol. The summed E-state index contributed by atoms with van der Waals surface area (Å²) in [5.41, 5.74) is 6.98. The van der Waals surface area contributed by atoms with Crippen LogP contribution in [0.25, 0.3) is 0 Å². The number of Topliss-reactive ketones (excluding diaryl/α,β-unsaturated/α-hetero) is 2. The highest BCUT2D eigenvalue weighted by molar-refractivity contribution is 6.32. The van der Waals surface area contributed by atoms with Crippen LogP contribution in [0.1, 0.15) is 68.1 Å². The quantitative estimate of drug-likeness (QED) is 0.419. The fraction of sp³-hybridized carbons (Fsp3) is 0.406. The van der Waals surface area contributed by atoms with Gasteiger partial charge in [0, 0.05) is 54.0 Å². The number of nitrogens with zero attached hydrogens (tertiary/aromatic N) is 1. The lowest BCUT2D eigenvalue weighted by Crippen LogP contribution is -2.37. The molecule has 5 rings (SSSR count). The average Bonchev–Trinajstić information content (AvgIpc) is 2.91. The topological polar surface area (TPSA) is 84.9 Å². The van der Waals surface area contributed by atoms with E-state index in [4.69, 9.17) is 21.1 Å². The van der Waals surface area contributed by atoms with Crippen LogP contribution in [0, 0.1) is 13.8 Å². The molecule has 0 spiro atoms. The minimum Gasteiger partial charge on any atom is -0.490 e. The number of hydrogen-bond acceptors (Lipinski definition) is 6. The molecule has 0 saturated carbocycles. The molecule has 0 atom stereocenters. The lowest BCUT2D eigenvalue weighted by atomic mass is 9.71. The van der Waals surface area contributed by atoms with Gasteiger partial charge in [-0.2, -0.15) is 0 Å². The summed E-state index contributed by atoms with van der Waals surface area (Å²) in [5.74, 6) is -0.0598. The van der Waals surface area contributed by atoms with E-state index in [0.717, 1.165) is 53.8 Å². The number of allylic oxidation sites excluding steroid dienone is 4. The molecule has 0 radical (unpaired) electrons. The molecule has 1 amide bonds. The van der Waals surface area contributed by atoms with Gasteiger partial charge in [0.2, 0.25) is 0 Å². The van der Waals surface area contributed by atoms with E-state index in [-0.39, 0.29) is 34.9 Å². The maximum atomic E-state index is 13.3. The van der Waals surface area contributed by atoms with E-state index < -0.39 is 5.92 Å². The van der Waals surface area contributed by atoms with E-state index in [0.29, 0.717) is 42.0 Å². The van der Waals surface area contributed by atoms with E-state index in [2.05, 4.69) is 10.2 Å². The molecule has 0 bridgehead atoms. The Morgan fingerprint density at radius 2 is 1.60 bits per heavy atom. The van der Waals surface area contributed by atoms with Crippen LogP contribution in [0.2, 0.25) is 5.02 Å². The minimum absolute atomic E-state index is 0.0699. The zero-order valence-corrected chi connectivity index (χ0v) is 24.2. The number of hydrogen-bond donors (Lipinski definition) is 1. The van der Waals surface area contributed by atoms with Crippen LogP contribution < -0.4 is 14.8 Å². The molecule has 0 saturated heterocycles. The van der Waals surface area contributed by atoms with Crippen LogP contribution in [0.4, 0.5) is 5.69 Å². The van der Waals surface area contributed by atoms with Crippen molar-refractivity contribution in [2.75, 3.05) is 25.6 Å². The smallest absolute Gasteiger partial charge is 0.262 e. The first kappa shape index (κ1) is 28.0. The Bertz CT molecular complexity index is 1410. The number of ketones is 2. The second kappa shape index (κ2) is 11.5. The molecule has 210 valence electrons. The Balaban J connectivity index is 1.48. The second-order valence-electron chi connectivity index (χ2n) is 10.7. The number of carbonyl (C=O) groups excluding carboxylic acids is 3. The normalized spacial score (nSPS) is 17.6. The van der Waals surface area contributed by atoms with Crippen molar-refractivity contribution in [3.8, 4) is 11.5 Å². The molecule has 40 heavy (non-hydrogen) atoms. The van der Waals surface area contributed by atoms with E-state index in [1.807, 2.05) is 46.0 Å². The first-order valence-electron chi connectivity index (χ1n) is 13.9. The molecule has 1 N–H and O–H groups in total. The number of aryl methyl sites for hydroxylation is 2. The molecule has 1 heterocycles. The third-order valence-corrected chi connectivity index (χ3v) is 8.33. The molecule has 7 nitrogen and oxygen atoms in total. The first-order chi connectivity index (χ1) is 19.2. The van der Waals surface area contributed by atoms with E-state index in [9.17, 15) is 14.4 Å². The van der Waals surface area contributed by atoms with Crippen molar-refractivity contribution in [1.29, 1.82) is 0 Å². The largest absolute Gasteiger partial charge is 0.490 e. The van der Waals surface area contributed by atoms with Crippen molar-refractivity contribution in [1.82, 2.24) is 4.90 Å². The number of benzene rings is 2. The molecule has 2 aromatic rings.